The van der Waals surface area contributed by atoms with Gasteiger partial charge in [0.25, 0.3) is 0 Å². The Bertz CT molecular complexity index is 328. The molecule has 1 heterocycles. The summed E-state index contributed by atoms with van der Waals surface area (Å²) in [6, 6.07) is 3.60. The number of allylic oxidation sites excluding steroid dienone is 1. The zero-order valence-corrected chi connectivity index (χ0v) is 5.95. The Morgan fingerprint density at radius 1 is 1.45 bits per heavy atom. The maximum Gasteiger partial charge on any atom is 0.168 e. The lowest BCUT2D eigenvalue weighted by atomic mass is 10.0. The SMILES string of the molecule is O=C1CC=Cc2ncccc21. The fourth-order valence-electron chi connectivity index (χ4n) is 1.17. The van der Waals surface area contributed by atoms with Crippen molar-refractivity contribution in [2.75, 3.05) is 0 Å². The van der Waals surface area contributed by atoms with Crippen molar-refractivity contribution < 1.29 is 4.79 Å². The van der Waals surface area contributed by atoms with Gasteiger partial charge in [-0.2, -0.15) is 0 Å². The molecule has 0 fully saturated rings. The number of nitrogens with zero attached hydrogens (tertiary/aromatic N) is 1. The first-order valence-electron chi connectivity index (χ1n) is 3.53. The molecule has 2 nitrogen and oxygen atoms in total. The largest absolute Gasteiger partial charge is 0.294 e. The Hall–Kier alpha value is -1.44. The van der Waals surface area contributed by atoms with Gasteiger partial charge in [-0.25, -0.2) is 0 Å². The molecular formula is C9H7NO. The van der Waals surface area contributed by atoms with E-state index in [0.29, 0.717) is 6.42 Å². The predicted octanol–water partition coefficient (Wildman–Crippen LogP) is 1.68. The van der Waals surface area contributed by atoms with Gasteiger partial charge in [0.05, 0.1) is 5.69 Å². The Morgan fingerprint density at radius 3 is 3.18 bits per heavy atom. The molecule has 1 aromatic heterocycles. The van der Waals surface area contributed by atoms with Gasteiger partial charge in [0, 0.05) is 18.2 Å². The van der Waals surface area contributed by atoms with Gasteiger partial charge in [-0.15, -0.1) is 0 Å². The number of carbonyl (C=O) groups is 1. The molecule has 1 aliphatic carbocycles. The van der Waals surface area contributed by atoms with E-state index in [1.807, 2.05) is 18.2 Å². The minimum absolute atomic E-state index is 0.163. The van der Waals surface area contributed by atoms with E-state index in [9.17, 15) is 4.79 Å². The summed E-state index contributed by atoms with van der Waals surface area (Å²) in [5, 5.41) is 0. The molecule has 0 saturated carbocycles. The second-order valence-corrected chi connectivity index (χ2v) is 2.47. The van der Waals surface area contributed by atoms with Gasteiger partial charge < -0.3 is 0 Å². The maximum atomic E-state index is 11.2. The molecule has 0 atom stereocenters. The molecule has 0 aliphatic heterocycles. The number of pyridine rings is 1. The molecule has 2 heteroatoms. The Balaban J connectivity index is 2.63. The van der Waals surface area contributed by atoms with Crippen molar-refractivity contribution in [1.82, 2.24) is 4.98 Å². The smallest absolute Gasteiger partial charge is 0.168 e. The number of hydrogen-bond acceptors (Lipinski definition) is 2. The standard InChI is InChI=1S/C9H7NO/c11-9-5-1-4-8-7(9)3-2-6-10-8/h1-4,6H,5H2. The predicted molar refractivity (Wildman–Crippen MR) is 42.2 cm³/mol. The van der Waals surface area contributed by atoms with Crippen LogP contribution in [0.3, 0.4) is 0 Å². The summed E-state index contributed by atoms with van der Waals surface area (Å²) in [5.41, 5.74) is 1.54. The number of ketones is 1. The second-order valence-electron chi connectivity index (χ2n) is 2.47. The first-order chi connectivity index (χ1) is 5.38. The number of Topliss-reactive ketones (excluding diaryl/α,β-unsaturated/α-hetero) is 1. The van der Waals surface area contributed by atoms with E-state index in [4.69, 9.17) is 0 Å². The summed E-state index contributed by atoms with van der Waals surface area (Å²) in [7, 11) is 0. The van der Waals surface area contributed by atoms with Crippen molar-refractivity contribution in [1.29, 1.82) is 0 Å². The fraction of sp³-hybridized carbons (Fsp3) is 0.111. The average Bonchev–Trinajstić information content (AvgIpc) is 2.06. The zero-order valence-electron chi connectivity index (χ0n) is 5.95. The molecule has 0 aromatic carbocycles. The number of hydrogen-bond donors (Lipinski definition) is 0. The van der Waals surface area contributed by atoms with Crippen LogP contribution in [0.1, 0.15) is 22.5 Å². The summed E-state index contributed by atoms with van der Waals surface area (Å²) < 4.78 is 0. The molecule has 2 rings (SSSR count). The number of carbonyl (C=O) groups excluding carboxylic acids is 1. The number of fused-ring (bicyclic) bond motifs is 1. The molecule has 0 radical (unpaired) electrons. The lowest BCUT2D eigenvalue weighted by Gasteiger charge is -2.05. The van der Waals surface area contributed by atoms with Crippen LogP contribution in [-0.4, -0.2) is 10.8 Å². The van der Waals surface area contributed by atoms with E-state index in [2.05, 4.69) is 4.98 Å². The van der Waals surface area contributed by atoms with Crippen molar-refractivity contribution in [2.24, 2.45) is 0 Å². The minimum atomic E-state index is 0.163. The van der Waals surface area contributed by atoms with Gasteiger partial charge in [-0.3, -0.25) is 9.78 Å². The highest BCUT2D eigenvalue weighted by atomic mass is 16.1. The van der Waals surface area contributed by atoms with E-state index in [0.717, 1.165) is 11.3 Å². The van der Waals surface area contributed by atoms with Crippen LogP contribution in [0, 0.1) is 0 Å². The Labute approximate surface area is 64.6 Å². The minimum Gasteiger partial charge on any atom is -0.294 e. The molecular weight excluding hydrogens is 138 g/mol. The third-order valence-corrected chi connectivity index (χ3v) is 1.72. The summed E-state index contributed by atoms with van der Waals surface area (Å²) in [6.45, 7) is 0. The van der Waals surface area contributed by atoms with Gasteiger partial charge >= 0.3 is 0 Å². The third-order valence-electron chi connectivity index (χ3n) is 1.72. The van der Waals surface area contributed by atoms with Crippen LogP contribution < -0.4 is 0 Å². The first-order valence-corrected chi connectivity index (χ1v) is 3.53. The van der Waals surface area contributed by atoms with Crippen LogP contribution in [0.15, 0.2) is 24.4 Å². The van der Waals surface area contributed by atoms with Crippen molar-refractivity contribution in [2.45, 2.75) is 6.42 Å². The average molecular weight is 145 g/mol. The van der Waals surface area contributed by atoms with E-state index < -0.39 is 0 Å². The third kappa shape index (κ3) is 0.963. The van der Waals surface area contributed by atoms with Crippen LogP contribution in [-0.2, 0) is 0 Å². The molecule has 54 valence electrons. The van der Waals surface area contributed by atoms with Crippen molar-refractivity contribution in [3.63, 3.8) is 0 Å². The maximum absolute atomic E-state index is 11.2. The van der Waals surface area contributed by atoms with Gasteiger partial charge in [0.1, 0.15) is 0 Å². The molecule has 0 unspecified atom stereocenters. The molecule has 0 bridgehead atoms. The normalized spacial score (nSPS) is 14.7. The zero-order chi connectivity index (χ0) is 7.68. The van der Waals surface area contributed by atoms with Gasteiger partial charge in [-0.05, 0) is 18.2 Å². The Kier molecular flexibility index (Phi) is 1.32. The molecule has 0 spiro atoms. The fourth-order valence-corrected chi connectivity index (χ4v) is 1.17. The van der Waals surface area contributed by atoms with Crippen LogP contribution in [0.5, 0.6) is 0 Å². The van der Waals surface area contributed by atoms with Crippen LogP contribution in [0.2, 0.25) is 0 Å². The van der Waals surface area contributed by atoms with Crippen LogP contribution in [0.25, 0.3) is 6.08 Å². The Morgan fingerprint density at radius 2 is 2.36 bits per heavy atom. The summed E-state index contributed by atoms with van der Waals surface area (Å²) in [5.74, 6) is 0.163. The topological polar surface area (TPSA) is 30.0 Å². The lowest BCUT2D eigenvalue weighted by Crippen LogP contribution is -2.04. The van der Waals surface area contributed by atoms with Gasteiger partial charge in [-0.1, -0.05) is 6.08 Å². The monoisotopic (exact) mass is 145 g/mol. The summed E-state index contributed by atoms with van der Waals surface area (Å²) in [6.07, 6.45) is 5.94. The van der Waals surface area contributed by atoms with E-state index in [-0.39, 0.29) is 5.78 Å². The lowest BCUT2D eigenvalue weighted by molar-refractivity contribution is 0.0994. The van der Waals surface area contributed by atoms with Crippen molar-refractivity contribution in [3.05, 3.63) is 35.7 Å². The van der Waals surface area contributed by atoms with E-state index >= 15 is 0 Å². The van der Waals surface area contributed by atoms with E-state index in [1.54, 1.807) is 12.3 Å². The molecule has 0 saturated heterocycles. The van der Waals surface area contributed by atoms with Crippen molar-refractivity contribution >= 4 is 11.9 Å². The number of rotatable bonds is 0. The van der Waals surface area contributed by atoms with E-state index in [1.165, 1.54) is 0 Å². The highest BCUT2D eigenvalue weighted by Crippen LogP contribution is 2.15. The highest BCUT2D eigenvalue weighted by molar-refractivity contribution is 6.01. The number of aromatic nitrogens is 1. The van der Waals surface area contributed by atoms with Gasteiger partial charge in [0.2, 0.25) is 0 Å². The van der Waals surface area contributed by atoms with Crippen LogP contribution >= 0.6 is 0 Å². The highest BCUT2D eigenvalue weighted by Gasteiger charge is 2.11. The summed E-state index contributed by atoms with van der Waals surface area (Å²) >= 11 is 0. The summed E-state index contributed by atoms with van der Waals surface area (Å²) in [4.78, 5) is 15.3. The first kappa shape index (κ1) is 6.28. The molecule has 0 amide bonds. The molecule has 11 heavy (non-hydrogen) atoms. The second kappa shape index (κ2) is 2.31. The van der Waals surface area contributed by atoms with Gasteiger partial charge in [0.15, 0.2) is 5.78 Å². The molecule has 0 N–H and O–H groups in total. The quantitative estimate of drug-likeness (QED) is 0.556. The van der Waals surface area contributed by atoms with Crippen LogP contribution in [0.4, 0.5) is 0 Å². The molecule has 1 aromatic rings. The van der Waals surface area contributed by atoms with Crippen molar-refractivity contribution in [3.8, 4) is 0 Å². The molecule has 1 aliphatic rings.